The Morgan fingerprint density at radius 1 is 1.08 bits per heavy atom. The molecule has 0 fully saturated rings. The average Bonchev–Trinajstić information content (AvgIpc) is 2.61. The molecule has 0 unspecified atom stereocenters. The molecule has 0 saturated heterocycles. The van der Waals surface area contributed by atoms with Gasteiger partial charge in [-0.3, -0.25) is 0 Å². The van der Waals surface area contributed by atoms with Crippen LogP contribution >= 0.6 is 0 Å². The largest absolute Gasteiger partial charge is 0.399 e. The first-order valence-corrected chi connectivity index (χ1v) is 9.20. The molecule has 0 saturated carbocycles. The van der Waals surface area contributed by atoms with Gasteiger partial charge in [0.15, 0.2) is 0 Å². The van der Waals surface area contributed by atoms with Crippen LogP contribution in [0.4, 0.5) is 28.8 Å². The maximum atomic E-state index is 11.5. The minimum Gasteiger partial charge on any atom is -0.399 e. The third-order valence-electron chi connectivity index (χ3n) is 3.68. The van der Waals surface area contributed by atoms with Crippen LogP contribution in [-0.2, 0) is 10.0 Å². The van der Waals surface area contributed by atoms with Gasteiger partial charge in [0, 0.05) is 30.3 Å². The number of hydrogen-bond acceptors (Lipinski definition) is 7. The maximum absolute atomic E-state index is 11.5. The summed E-state index contributed by atoms with van der Waals surface area (Å²) in [5.74, 6) is 0.992. The van der Waals surface area contributed by atoms with Crippen molar-refractivity contribution in [3.05, 3.63) is 60.8 Å². The molecule has 0 atom stereocenters. The van der Waals surface area contributed by atoms with Crippen LogP contribution in [0, 0.1) is 0 Å². The van der Waals surface area contributed by atoms with Crippen LogP contribution < -0.4 is 21.1 Å². The zero-order valence-corrected chi connectivity index (χ0v) is 14.8. The zero-order valence-electron chi connectivity index (χ0n) is 14.0. The van der Waals surface area contributed by atoms with E-state index in [2.05, 4.69) is 15.3 Å². The second-order valence-electron chi connectivity index (χ2n) is 5.59. The van der Waals surface area contributed by atoms with E-state index >= 15 is 0 Å². The lowest BCUT2D eigenvalue weighted by Gasteiger charge is -2.19. The molecular formula is C17H18N6O2S. The minimum atomic E-state index is -3.78. The van der Waals surface area contributed by atoms with Gasteiger partial charge in [0.2, 0.25) is 16.0 Å². The molecule has 2 aromatic carbocycles. The molecule has 0 aliphatic carbocycles. The highest BCUT2D eigenvalue weighted by Crippen LogP contribution is 2.24. The number of nitrogens with two attached hydrogens (primary N) is 2. The van der Waals surface area contributed by atoms with Crippen molar-refractivity contribution in [2.75, 3.05) is 23.0 Å². The molecule has 0 bridgehead atoms. The Labute approximate surface area is 151 Å². The highest BCUT2D eigenvalue weighted by molar-refractivity contribution is 7.89. The first-order chi connectivity index (χ1) is 12.3. The van der Waals surface area contributed by atoms with E-state index in [1.165, 1.54) is 12.1 Å². The van der Waals surface area contributed by atoms with E-state index < -0.39 is 10.0 Å². The van der Waals surface area contributed by atoms with Gasteiger partial charge in [-0.15, -0.1) is 0 Å². The van der Waals surface area contributed by atoms with Crippen LogP contribution in [0.5, 0.6) is 0 Å². The lowest BCUT2D eigenvalue weighted by molar-refractivity contribution is 0.598. The van der Waals surface area contributed by atoms with Crippen LogP contribution in [0.3, 0.4) is 0 Å². The lowest BCUT2D eigenvalue weighted by atomic mass is 10.2. The predicted molar refractivity (Wildman–Crippen MR) is 102 cm³/mol. The molecule has 0 aliphatic rings. The summed E-state index contributed by atoms with van der Waals surface area (Å²) in [6.45, 7) is 0. The number of primary sulfonamides is 1. The third-order valence-corrected chi connectivity index (χ3v) is 4.59. The van der Waals surface area contributed by atoms with E-state index in [0.717, 1.165) is 5.69 Å². The number of hydrogen-bond donors (Lipinski definition) is 3. The van der Waals surface area contributed by atoms with Gasteiger partial charge in [-0.2, -0.15) is 4.98 Å². The smallest absolute Gasteiger partial charge is 0.238 e. The van der Waals surface area contributed by atoms with Gasteiger partial charge >= 0.3 is 0 Å². The molecule has 26 heavy (non-hydrogen) atoms. The summed E-state index contributed by atoms with van der Waals surface area (Å²) in [5, 5.41) is 8.14. The van der Waals surface area contributed by atoms with Crippen molar-refractivity contribution < 1.29 is 8.42 Å². The molecule has 1 heterocycles. The molecule has 0 radical (unpaired) electrons. The van der Waals surface area contributed by atoms with Gasteiger partial charge in [-0.1, -0.05) is 6.07 Å². The van der Waals surface area contributed by atoms with Crippen LogP contribution in [0.15, 0.2) is 65.7 Å². The van der Waals surface area contributed by atoms with Crippen LogP contribution in [0.1, 0.15) is 0 Å². The number of anilines is 5. The van der Waals surface area contributed by atoms with E-state index in [4.69, 9.17) is 10.9 Å². The van der Waals surface area contributed by atoms with Crippen molar-refractivity contribution in [2.24, 2.45) is 5.14 Å². The highest BCUT2D eigenvalue weighted by atomic mass is 32.2. The quantitative estimate of drug-likeness (QED) is 0.588. The summed E-state index contributed by atoms with van der Waals surface area (Å²) in [6, 6.07) is 15.3. The number of nitrogens with one attached hydrogen (secondary N) is 1. The summed E-state index contributed by atoms with van der Waals surface area (Å²) >= 11 is 0. The maximum Gasteiger partial charge on any atom is 0.238 e. The van der Waals surface area contributed by atoms with Gasteiger partial charge in [0.05, 0.1) is 4.90 Å². The monoisotopic (exact) mass is 370 g/mol. The molecule has 9 heteroatoms. The average molecular weight is 370 g/mol. The van der Waals surface area contributed by atoms with Crippen LogP contribution in [0.2, 0.25) is 0 Å². The molecule has 3 aromatic rings. The third kappa shape index (κ3) is 4.08. The summed E-state index contributed by atoms with van der Waals surface area (Å²) in [5.41, 5.74) is 7.83. The van der Waals surface area contributed by atoms with Gasteiger partial charge in [0.25, 0.3) is 0 Å². The van der Waals surface area contributed by atoms with Crippen molar-refractivity contribution in [1.82, 2.24) is 9.97 Å². The van der Waals surface area contributed by atoms with E-state index in [1.54, 1.807) is 24.4 Å². The Hall–Kier alpha value is -3.17. The Morgan fingerprint density at radius 3 is 2.50 bits per heavy atom. The second kappa shape index (κ2) is 6.98. The Morgan fingerprint density at radius 2 is 1.81 bits per heavy atom. The summed E-state index contributed by atoms with van der Waals surface area (Å²) < 4.78 is 22.9. The number of benzene rings is 2. The number of sulfonamides is 1. The fraction of sp³-hybridized carbons (Fsp3) is 0.0588. The van der Waals surface area contributed by atoms with Gasteiger partial charge < -0.3 is 16.0 Å². The predicted octanol–water partition coefficient (Wildman–Crippen LogP) is 2.22. The number of aromatic nitrogens is 2. The highest BCUT2D eigenvalue weighted by Gasteiger charge is 2.10. The van der Waals surface area contributed by atoms with E-state index in [-0.39, 0.29) is 4.90 Å². The van der Waals surface area contributed by atoms with Crippen molar-refractivity contribution in [3.8, 4) is 0 Å². The number of nitrogens with zero attached hydrogens (tertiary/aromatic N) is 3. The SMILES string of the molecule is CN(c1ccc(N)cc1)c1ccnc(Nc2cccc(S(N)(=O)=O)c2)n1. The van der Waals surface area contributed by atoms with Crippen LogP contribution in [0.25, 0.3) is 0 Å². The van der Waals surface area contributed by atoms with E-state index in [0.29, 0.717) is 23.1 Å². The van der Waals surface area contributed by atoms with Crippen LogP contribution in [-0.4, -0.2) is 25.4 Å². The fourth-order valence-corrected chi connectivity index (χ4v) is 2.87. The number of nitrogen functional groups attached to an aromatic ring is 1. The molecule has 0 spiro atoms. The Balaban J connectivity index is 1.85. The second-order valence-corrected chi connectivity index (χ2v) is 7.15. The first-order valence-electron chi connectivity index (χ1n) is 7.65. The van der Waals surface area contributed by atoms with Crippen molar-refractivity contribution in [2.45, 2.75) is 4.90 Å². The molecule has 3 rings (SSSR count). The molecule has 0 amide bonds. The van der Waals surface area contributed by atoms with Gasteiger partial charge in [-0.25, -0.2) is 18.5 Å². The summed E-state index contributed by atoms with van der Waals surface area (Å²) in [6.07, 6.45) is 1.61. The first kappa shape index (κ1) is 17.6. The fourth-order valence-electron chi connectivity index (χ4n) is 2.31. The standard InChI is InChI=1S/C17H18N6O2S/c1-23(14-7-5-12(18)6-8-14)16-9-10-20-17(22-16)21-13-3-2-4-15(11-13)26(19,24)25/h2-11H,18H2,1H3,(H2,19,24,25)(H,20,21,22). The normalized spacial score (nSPS) is 11.2. The van der Waals surface area contributed by atoms with Crippen molar-refractivity contribution >= 4 is 38.9 Å². The topological polar surface area (TPSA) is 127 Å². The molecule has 5 N–H and O–H groups in total. The van der Waals surface area contributed by atoms with Crippen molar-refractivity contribution in [1.29, 1.82) is 0 Å². The number of rotatable bonds is 5. The molecule has 8 nitrogen and oxygen atoms in total. The Bertz CT molecular complexity index is 1020. The lowest BCUT2D eigenvalue weighted by Crippen LogP contribution is -2.13. The van der Waals surface area contributed by atoms with E-state index in [1.807, 2.05) is 36.2 Å². The van der Waals surface area contributed by atoms with Crippen molar-refractivity contribution in [3.63, 3.8) is 0 Å². The molecule has 0 aliphatic heterocycles. The summed E-state index contributed by atoms with van der Waals surface area (Å²) in [7, 11) is -1.90. The molecule has 1 aromatic heterocycles. The molecule has 134 valence electrons. The van der Waals surface area contributed by atoms with E-state index in [9.17, 15) is 8.42 Å². The summed E-state index contributed by atoms with van der Waals surface area (Å²) in [4.78, 5) is 10.5. The van der Waals surface area contributed by atoms with Gasteiger partial charge in [0.1, 0.15) is 5.82 Å². The van der Waals surface area contributed by atoms with Gasteiger partial charge in [-0.05, 0) is 48.5 Å². The molecular weight excluding hydrogens is 352 g/mol. The Kier molecular flexibility index (Phi) is 4.74. The minimum absolute atomic E-state index is 0.0117. The zero-order chi connectivity index (χ0) is 18.7.